The van der Waals surface area contributed by atoms with Crippen molar-refractivity contribution in [2.24, 2.45) is 0 Å². The van der Waals surface area contributed by atoms with Crippen LogP contribution in [0.3, 0.4) is 0 Å². The molecule has 152 valence electrons. The normalized spacial score (nSPS) is 15.8. The minimum atomic E-state index is -0.0839. The van der Waals surface area contributed by atoms with E-state index in [0.717, 1.165) is 25.1 Å². The first-order chi connectivity index (χ1) is 13.3. The van der Waals surface area contributed by atoms with E-state index in [4.69, 9.17) is 4.42 Å². The summed E-state index contributed by atoms with van der Waals surface area (Å²) in [6.45, 7) is 10.3. The van der Waals surface area contributed by atoms with Gasteiger partial charge in [-0.1, -0.05) is 43.5 Å². The van der Waals surface area contributed by atoms with E-state index in [2.05, 4.69) is 62.2 Å². The molecule has 0 atom stereocenters. The Hall–Kier alpha value is -2.07. The number of furan rings is 1. The second kappa shape index (κ2) is 8.95. The van der Waals surface area contributed by atoms with Crippen LogP contribution in [-0.4, -0.2) is 22.4 Å². The van der Waals surface area contributed by atoms with Gasteiger partial charge in [0.1, 0.15) is 5.76 Å². The summed E-state index contributed by atoms with van der Waals surface area (Å²) in [5.41, 5.74) is 2.60. The molecule has 1 saturated carbocycles. The van der Waals surface area contributed by atoms with Crippen LogP contribution in [0.1, 0.15) is 80.3 Å². The number of carbonyl (C=O) groups is 1. The fourth-order valence-corrected chi connectivity index (χ4v) is 3.80. The molecule has 1 aromatic carbocycles. The molecule has 4 heteroatoms. The highest BCUT2D eigenvalue weighted by atomic mass is 16.4. The Labute approximate surface area is 169 Å². The van der Waals surface area contributed by atoms with Crippen molar-refractivity contribution in [1.82, 2.24) is 10.2 Å². The molecule has 28 heavy (non-hydrogen) atoms. The highest BCUT2D eigenvalue weighted by molar-refractivity contribution is 5.91. The number of benzene rings is 1. The molecule has 1 aliphatic rings. The Bertz CT molecular complexity index is 782. The van der Waals surface area contributed by atoms with Crippen molar-refractivity contribution in [1.29, 1.82) is 0 Å². The summed E-state index contributed by atoms with van der Waals surface area (Å²) in [5.74, 6) is 1.17. The summed E-state index contributed by atoms with van der Waals surface area (Å²) in [7, 11) is 0. The molecule has 0 saturated heterocycles. The number of amides is 1. The van der Waals surface area contributed by atoms with Crippen LogP contribution in [0.25, 0.3) is 0 Å². The van der Waals surface area contributed by atoms with Gasteiger partial charge in [0.2, 0.25) is 0 Å². The summed E-state index contributed by atoms with van der Waals surface area (Å²) >= 11 is 0. The third kappa shape index (κ3) is 5.48. The van der Waals surface area contributed by atoms with Crippen LogP contribution < -0.4 is 5.32 Å². The molecule has 1 heterocycles. The number of nitrogens with zero attached hydrogens (tertiary/aromatic N) is 1. The van der Waals surface area contributed by atoms with Crippen molar-refractivity contribution in [3.05, 3.63) is 59.0 Å². The first-order valence-electron chi connectivity index (χ1n) is 10.5. The zero-order chi connectivity index (χ0) is 20.1. The van der Waals surface area contributed by atoms with E-state index in [-0.39, 0.29) is 11.4 Å². The molecule has 3 rings (SSSR count). The van der Waals surface area contributed by atoms with E-state index in [1.54, 1.807) is 0 Å². The van der Waals surface area contributed by atoms with E-state index in [0.29, 0.717) is 18.3 Å². The smallest absolute Gasteiger partial charge is 0.287 e. The lowest BCUT2D eigenvalue weighted by Crippen LogP contribution is -2.40. The molecule has 1 aromatic heterocycles. The zero-order valence-corrected chi connectivity index (χ0v) is 17.8. The molecule has 1 N–H and O–H groups in total. The number of aryl methyl sites for hydroxylation is 1. The molecule has 1 amide bonds. The number of hydrogen-bond donors (Lipinski definition) is 1. The van der Waals surface area contributed by atoms with Crippen molar-refractivity contribution < 1.29 is 9.21 Å². The lowest BCUT2D eigenvalue weighted by molar-refractivity contribution is 0.0882. The third-order valence-corrected chi connectivity index (χ3v) is 5.74. The van der Waals surface area contributed by atoms with Gasteiger partial charge in [0.05, 0.1) is 6.54 Å². The van der Waals surface area contributed by atoms with E-state index in [9.17, 15) is 4.79 Å². The maximum Gasteiger partial charge on any atom is 0.287 e. The van der Waals surface area contributed by atoms with Gasteiger partial charge in [0, 0.05) is 18.1 Å². The average Bonchev–Trinajstić information content (AvgIpc) is 3.12. The van der Waals surface area contributed by atoms with Crippen LogP contribution in [0.5, 0.6) is 0 Å². The summed E-state index contributed by atoms with van der Waals surface area (Å²) in [5, 5.41) is 3.13. The Balaban J connectivity index is 1.66. The van der Waals surface area contributed by atoms with Crippen molar-refractivity contribution in [3.8, 4) is 0 Å². The van der Waals surface area contributed by atoms with E-state index >= 15 is 0 Å². The van der Waals surface area contributed by atoms with Crippen molar-refractivity contribution in [2.75, 3.05) is 0 Å². The SMILES string of the molecule is Cc1ccccc1CN(Cc1ccc(C(=O)NC2CCCCC2)o1)C(C)(C)C. The first-order valence-corrected chi connectivity index (χ1v) is 10.5. The maximum atomic E-state index is 12.5. The first kappa shape index (κ1) is 20.7. The van der Waals surface area contributed by atoms with Crippen molar-refractivity contribution >= 4 is 5.91 Å². The monoisotopic (exact) mass is 382 g/mol. The highest BCUT2D eigenvalue weighted by Gasteiger charge is 2.24. The van der Waals surface area contributed by atoms with Gasteiger partial charge < -0.3 is 9.73 Å². The summed E-state index contributed by atoms with van der Waals surface area (Å²) < 4.78 is 5.93. The van der Waals surface area contributed by atoms with Crippen LogP contribution in [0, 0.1) is 6.92 Å². The third-order valence-electron chi connectivity index (χ3n) is 5.74. The Morgan fingerprint density at radius 1 is 1.07 bits per heavy atom. The fourth-order valence-electron chi connectivity index (χ4n) is 3.80. The van der Waals surface area contributed by atoms with Gasteiger partial charge >= 0.3 is 0 Å². The van der Waals surface area contributed by atoms with Gasteiger partial charge in [0.15, 0.2) is 5.76 Å². The van der Waals surface area contributed by atoms with E-state index in [1.165, 1.54) is 30.4 Å². The average molecular weight is 383 g/mol. The highest BCUT2D eigenvalue weighted by Crippen LogP contribution is 2.23. The van der Waals surface area contributed by atoms with Gasteiger partial charge in [-0.3, -0.25) is 9.69 Å². The molecule has 1 aliphatic carbocycles. The Morgan fingerprint density at radius 3 is 2.46 bits per heavy atom. The molecule has 0 unspecified atom stereocenters. The maximum absolute atomic E-state index is 12.5. The standard InChI is InChI=1S/C24H34N2O2/c1-18-10-8-9-11-19(18)16-26(24(2,3)4)17-21-14-15-22(28-21)23(27)25-20-12-6-5-7-13-20/h8-11,14-15,20H,5-7,12-13,16-17H2,1-4H3,(H,25,27). The molecule has 0 spiro atoms. The predicted molar refractivity (Wildman–Crippen MR) is 113 cm³/mol. The molecule has 0 radical (unpaired) electrons. The van der Waals surface area contributed by atoms with Crippen molar-refractivity contribution in [2.45, 2.75) is 84.5 Å². The van der Waals surface area contributed by atoms with Crippen LogP contribution >= 0.6 is 0 Å². The van der Waals surface area contributed by atoms with Crippen LogP contribution in [0.4, 0.5) is 0 Å². The second-order valence-electron chi connectivity index (χ2n) is 9.03. The van der Waals surface area contributed by atoms with E-state index in [1.807, 2.05) is 12.1 Å². The molecule has 1 fully saturated rings. The van der Waals surface area contributed by atoms with Gasteiger partial charge in [-0.2, -0.15) is 0 Å². The molecular weight excluding hydrogens is 348 g/mol. The number of carbonyl (C=O) groups excluding carboxylic acids is 1. The quantitative estimate of drug-likeness (QED) is 0.722. The van der Waals surface area contributed by atoms with Crippen LogP contribution in [-0.2, 0) is 13.1 Å². The zero-order valence-electron chi connectivity index (χ0n) is 17.8. The van der Waals surface area contributed by atoms with Gasteiger partial charge in [-0.05, 0) is 63.8 Å². The minimum Gasteiger partial charge on any atom is -0.455 e. The lowest BCUT2D eigenvalue weighted by atomic mass is 9.95. The largest absolute Gasteiger partial charge is 0.455 e. The topological polar surface area (TPSA) is 45.5 Å². The molecule has 4 nitrogen and oxygen atoms in total. The predicted octanol–water partition coefficient (Wildman–Crippen LogP) is 5.45. The molecular formula is C24H34N2O2. The van der Waals surface area contributed by atoms with Crippen molar-refractivity contribution in [3.63, 3.8) is 0 Å². The Kier molecular flexibility index (Phi) is 6.61. The lowest BCUT2D eigenvalue weighted by Gasteiger charge is -2.35. The van der Waals surface area contributed by atoms with Gasteiger partial charge in [-0.15, -0.1) is 0 Å². The molecule has 0 bridgehead atoms. The van der Waals surface area contributed by atoms with Crippen LogP contribution in [0.2, 0.25) is 0 Å². The number of hydrogen-bond acceptors (Lipinski definition) is 3. The minimum absolute atomic E-state index is 0.0143. The molecule has 0 aliphatic heterocycles. The summed E-state index contributed by atoms with van der Waals surface area (Å²) in [6, 6.07) is 12.5. The number of rotatable bonds is 6. The fraction of sp³-hybridized carbons (Fsp3) is 0.542. The summed E-state index contributed by atoms with van der Waals surface area (Å²) in [4.78, 5) is 14.9. The van der Waals surface area contributed by atoms with Gasteiger partial charge in [-0.25, -0.2) is 0 Å². The second-order valence-corrected chi connectivity index (χ2v) is 9.03. The molecule has 2 aromatic rings. The number of nitrogens with one attached hydrogen (secondary N) is 1. The van der Waals surface area contributed by atoms with Crippen LogP contribution in [0.15, 0.2) is 40.8 Å². The van der Waals surface area contributed by atoms with E-state index < -0.39 is 0 Å². The summed E-state index contributed by atoms with van der Waals surface area (Å²) in [6.07, 6.45) is 5.84. The Morgan fingerprint density at radius 2 is 1.79 bits per heavy atom. The van der Waals surface area contributed by atoms with Gasteiger partial charge in [0.25, 0.3) is 5.91 Å².